The van der Waals surface area contributed by atoms with E-state index < -0.39 is 110 Å². The number of carbonyl (C=O) groups excluding carboxylic acids is 6. The van der Waals surface area contributed by atoms with Crippen LogP contribution in [0.2, 0.25) is 30.9 Å². The van der Waals surface area contributed by atoms with Crippen molar-refractivity contribution in [2.75, 3.05) is 93.7 Å². The molecule has 53 heteroatoms. The summed E-state index contributed by atoms with van der Waals surface area (Å²) in [5.74, 6) is 3.03. The Labute approximate surface area is 892 Å². The fraction of sp³-hybridized carbons (Fsp3) is 0.312. The second-order valence-corrected chi connectivity index (χ2v) is 39.7. The van der Waals surface area contributed by atoms with Gasteiger partial charge in [-0.2, -0.15) is 89.2 Å². The van der Waals surface area contributed by atoms with Crippen LogP contribution in [-0.4, -0.2) is 246 Å². The smallest absolute Gasteiger partial charge is 0.296 e. The minimum atomic E-state index is -5.74. The summed E-state index contributed by atoms with van der Waals surface area (Å²) in [6, 6.07) is 20.8. The largest absolute Gasteiger partial charge is 0.453 e. The van der Waals surface area contributed by atoms with Crippen LogP contribution >= 0.6 is 93.1 Å². The Balaban J connectivity index is 0.000000242. The molecule has 12 aromatic heterocycles. The van der Waals surface area contributed by atoms with Gasteiger partial charge in [-0.25, -0.2) is 45.3 Å². The third-order valence-electron chi connectivity index (χ3n) is 20.5. The zero-order chi connectivity index (χ0) is 111. The second kappa shape index (κ2) is 57.1. The number of amides is 6. The second-order valence-electron chi connectivity index (χ2n) is 31.3. The predicted molar refractivity (Wildman–Crippen MR) is 558 cm³/mol. The number of nitrogens with zero attached hydrogens (tertiary/aromatic N) is 24. The highest BCUT2D eigenvalue weighted by molar-refractivity contribution is 7.99. The summed E-state index contributed by atoms with van der Waals surface area (Å²) in [6.07, 6.45) is 51.4. The molecule has 0 saturated heterocycles. The average molecular weight is 2260 g/mol. The van der Waals surface area contributed by atoms with Crippen LogP contribution < -0.4 is 29.4 Å². The van der Waals surface area contributed by atoms with Gasteiger partial charge in [0.1, 0.15) is 49.9 Å². The van der Waals surface area contributed by atoms with Crippen molar-refractivity contribution in [3.63, 3.8) is 0 Å². The summed E-state index contributed by atoms with van der Waals surface area (Å²) in [4.78, 5) is 106. The van der Waals surface area contributed by atoms with Crippen molar-refractivity contribution in [1.29, 1.82) is 0 Å². The number of hydrogen-bond acceptors (Lipinski definition) is 23. The van der Waals surface area contributed by atoms with Gasteiger partial charge in [0.2, 0.25) is 41.4 Å². The third kappa shape index (κ3) is 35.4. The maximum Gasteiger partial charge on any atom is 0.453 e. The van der Waals surface area contributed by atoms with Crippen LogP contribution in [0.1, 0.15) is 73.1 Å². The molecule has 0 radical (unpaired) electrons. The molecular formula is C96H92Cl6F10N24O9S4. The van der Waals surface area contributed by atoms with Crippen molar-refractivity contribution in [3.05, 3.63) is 215 Å². The number of alkyl halides is 10. The van der Waals surface area contributed by atoms with Crippen molar-refractivity contribution >= 4 is 183 Å². The van der Waals surface area contributed by atoms with Crippen molar-refractivity contribution in [2.24, 2.45) is 5.92 Å². The molecule has 0 aliphatic rings. The highest BCUT2D eigenvalue weighted by atomic mass is 35.5. The molecule has 786 valence electrons. The van der Waals surface area contributed by atoms with Crippen LogP contribution in [0.5, 0.6) is 0 Å². The zero-order valence-electron chi connectivity index (χ0n) is 80.2. The van der Waals surface area contributed by atoms with Crippen molar-refractivity contribution in [2.45, 2.75) is 118 Å². The van der Waals surface area contributed by atoms with Gasteiger partial charge in [0.25, 0.3) is 0 Å². The van der Waals surface area contributed by atoms with E-state index in [9.17, 15) is 85.3 Å². The fourth-order valence-electron chi connectivity index (χ4n) is 12.5. The van der Waals surface area contributed by atoms with Gasteiger partial charge in [-0.15, -0.1) is 38.5 Å². The van der Waals surface area contributed by atoms with Crippen LogP contribution in [-0.2, 0) is 49.4 Å². The molecule has 12 rings (SSSR count). The topological polar surface area (TPSA) is 357 Å². The van der Waals surface area contributed by atoms with E-state index in [2.05, 4.69) is 110 Å². The van der Waals surface area contributed by atoms with E-state index in [1.54, 1.807) is 158 Å². The molecule has 0 spiro atoms. The molecule has 0 aliphatic heterocycles. The molecule has 6 amide bonds. The lowest BCUT2D eigenvalue weighted by Gasteiger charge is -2.23. The van der Waals surface area contributed by atoms with Crippen LogP contribution in [0, 0.1) is 80.0 Å². The van der Waals surface area contributed by atoms with Crippen LogP contribution in [0.4, 0.5) is 78.0 Å². The van der Waals surface area contributed by atoms with Crippen LogP contribution in [0.25, 0.3) is 34.1 Å². The van der Waals surface area contributed by atoms with Crippen molar-refractivity contribution in [3.8, 4) is 108 Å². The molecule has 149 heavy (non-hydrogen) atoms. The minimum Gasteiger partial charge on any atom is -0.296 e. The Morgan fingerprint density at radius 2 is 0.651 bits per heavy atom. The van der Waals surface area contributed by atoms with Gasteiger partial charge in [-0.05, 0) is 112 Å². The molecule has 33 nitrogen and oxygen atoms in total. The Hall–Kier alpha value is -13.8. The maximum atomic E-state index is 13.1. The number of pyridine rings is 6. The molecule has 12 aromatic rings. The summed E-state index contributed by atoms with van der Waals surface area (Å²) in [7, 11) is -4.89. The van der Waals surface area contributed by atoms with Gasteiger partial charge >= 0.3 is 18.3 Å². The van der Waals surface area contributed by atoms with Gasteiger partial charge in [-0.1, -0.05) is 119 Å². The number of carbonyl (C=O) groups is 6. The molecule has 0 bridgehead atoms. The first-order valence-corrected chi connectivity index (χ1v) is 51.6. The van der Waals surface area contributed by atoms with Crippen molar-refractivity contribution < 1.29 is 85.3 Å². The van der Waals surface area contributed by atoms with E-state index in [1.807, 2.05) is 12.3 Å². The monoisotopic (exact) mass is 2250 g/mol. The lowest BCUT2D eigenvalue weighted by atomic mass is 10.1. The first kappa shape index (κ1) is 122. The number of thioether (sulfide) groups is 2. The molecular weight excluding hydrogens is 2160 g/mol. The van der Waals surface area contributed by atoms with E-state index in [4.69, 9.17) is 108 Å². The van der Waals surface area contributed by atoms with E-state index in [-0.39, 0.29) is 116 Å². The van der Waals surface area contributed by atoms with Gasteiger partial charge in [0.05, 0.1) is 148 Å². The Morgan fingerprint density at radius 3 is 0.866 bits per heavy atom. The Morgan fingerprint density at radius 1 is 0.403 bits per heavy atom. The standard InChI is InChI=1S/C18H21ClN4OS.C16H12ClF5N4O.C16H14ClF3N4OS.C16H15ClF2N4O.C15H15ClN4O3S.C15H15ClN4O2S/c1-5-9-22(17(24)10-16(25-4)13(2)3)15-12-23(21-18(15)19)14-7-6-8-20-11-14;1-2-8-25(13(27)5-6-15(18,19)16(20,21)22)12-10-26(24-14(12)17)11-4-3-7-23-9-11;1-3-7-23(14(25)8-13(26-2)16(18,19)20)12-10-24(22-15(12)17)11-5-4-6-21-9-11;1-3-9-22(14(24)6-7-16(2,18)19)13-11-23(21-15(13)17)12-5-4-8-20-10-12;1-4-8-19(15(21)11(2)24(3,22)23)13-10-20(18-14(13)16)12-6-5-7-17-9-12;1-4-8-19(15(21)11(2)23(3)22)13-10-20(18-14(13)16)12-6-5-7-17-9-12/h1,6-8,11-13,16H,9-10H2,2-4H3;1,3-4,7,9-10H,5-6,8H2;1,4-6,9-10,13H,7-8H2,2H3;1,4-5,8,10-11H,6-7,9H2,2H3;1,5-7,9-11H,8H2,2-3H3;1,5-7,9-11H,8H2,2-3H3. The summed E-state index contributed by atoms with van der Waals surface area (Å²) in [5.41, 5.74) is 5.30. The SMILES string of the molecule is C#CCN(C(=O)C(C)S(C)(=O)=O)c1cn(-c2cccnc2)nc1Cl.C#CCN(C(=O)C(C)S(C)=O)c1cn(-c2cccnc2)nc1Cl.C#CCN(C(=O)CC(SC)C(C)C)c1cn(-c2cccnc2)nc1Cl.C#CCN(C(=O)CC(SC)C(F)(F)F)c1cn(-c2cccnc2)nc1Cl.C#CCN(C(=O)CCC(C)(F)F)c1cn(-c2cccnc2)nc1Cl.C#CCN(C(=O)CCC(F)(F)C(F)(F)F)c1cn(-c2cccnc2)nc1Cl. The highest BCUT2D eigenvalue weighted by Gasteiger charge is 2.57. The number of halogens is 16. The molecule has 0 aromatic carbocycles. The molecule has 0 aliphatic carbocycles. The average Bonchev–Trinajstić information content (AvgIpc) is 1.63. The number of hydrogen-bond donors (Lipinski definition) is 0. The molecule has 0 saturated carbocycles. The normalized spacial score (nSPS) is 12.2. The summed E-state index contributed by atoms with van der Waals surface area (Å²) in [5, 5.41) is 21.4. The fourth-order valence-corrected chi connectivity index (χ4v) is 16.2. The van der Waals surface area contributed by atoms with Crippen LogP contribution in [0.3, 0.4) is 0 Å². The summed E-state index contributed by atoms with van der Waals surface area (Å²) in [6.45, 7) is 7.20. The summed E-state index contributed by atoms with van der Waals surface area (Å²) >= 11 is 39.0. The van der Waals surface area contributed by atoms with Crippen LogP contribution in [0.15, 0.2) is 184 Å². The molecule has 5 unspecified atom stereocenters. The zero-order valence-corrected chi connectivity index (χ0v) is 88.0. The minimum absolute atomic E-state index is 0.0127. The van der Waals surface area contributed by atoms with E-state index >= 15 is 0 Å². The number of sulfone groups is 1. The first-order chi connectivity index (χ1) is 70.3. The Kier molecular flexibility index (Phi) is 46.8. The lowest BCUT2D eigenvalue weighted by Crippen LogP contribution is -2.41. The van der Waals surface area contributed by atoms with Gasteiger partial charge in [0.15, 0.2) is 40.8 Å². The number of terminal acetylenes is 6. The van der Waals surface area contributed by atoms with Crippen molar-refractivity contribution in [1.82, 2.24) is 88.6 Å². The Bertz CT molecular complexity index is 6940. The van der Waals surface area contributed by atoms with Gasteiger partial charge in [-0.3, -0.25) is 92.3 Å². The molecule has 0 N–H and O–H groups in total. The number of anilines is 6. The lowest BCUT2D eigenvalue weighted by molar-refractivity contribution is -0.284. The molecule has 0 fully saturated rings. The van der Waals surface area contributed by atoms with E-state index in [0.717, 1.165) is 33.6 Å². The molecule has 5 atom stereocenters. The predicted octanol–water partition coefficient (Wildman–Crippen LogP) is 17.4. The summed E-state index contributed by atoms with van der Waals surface area (Å²) < 4.78 is 171. The van der Waals surface area contributed by atoms with E-state index in [1.165, 1.54) is 101 Å². The highest BCUT2D eigenvalue weighted by Crippen LogP contribution is 2.41. The number of aromatic nitrogens is 18. The first-order valence-electron chi connectivity index (χ1n) is 43.2. The van der Waals surface area contributed by atoms with E-state index in [0.29, 0.717) is 63.9 Å². The molecule has 12 heterocycles. The van der Waals surface area contributed by atoms with Gasteiger partial charge < -0.3 is 0 Å². The quantitative estimate of drug-likeness (QED) is 0.0263. The number of rotatable bonds is 35. The third-order valence-corrected chi connectivity index (χ3v) is 27.1. The van der Waals surface area contributed by atoms with Gasteiger partial charge in [0, 0.05) is 104 Å². The maximum absolute atomic E-state index is 13.1.